The molecule has 2 aromatic heterocycles. The minimum Gasteiger partial charge on any atom is -0.488 e. The van der Waals surface area contributed by atoms with Gasteiger partial charge in [0.2, 0.25) is 5.91 Å². The van der Waals surface area contributed by atoms with Gasteiger partial charge in [-0.2, -0.15) is 13.2 Å². The van der Waals surface area contributed by atoms with Gasteiger partial charge in [-0.1, -0.05) is 18.2 Å². The van der Waals surface area contributed by atoms with Gasteiger partial charge in [-0.15, -0.1) is 0 Å². The normalized spacial score (nSPS) is 16.3. The number of ether oxygens (including phenoxy) is 1. The number of carboxylic acid groups (broad SMARTS) is 1. The molecule has 3 heterocycles. The fraction of sp³-hybridized carbons (Fsp3) is 0.206. The van der Waals surface area contributed by atoms with E-state index in [0.717, 1.165) is 16.7 Å². The largest absolute Gasteiger partial charge is 0.488 e. The Balaban J connectivity index is 1.69. The Hall–Kier alpha value is -5.86. The number of nitrogens with one attached hydrogen (secondary N) is 1. The van der Waals surface area contributed by atoms with Crippen LogP contribution in [0, 0.1) is 18.6 Å². The number of rotatable bonds is 3. The third-order valence-electron chi connectivity index (χ3n) is 8.36. The highest BCUT2D eigenvalue weighted by atomic mass is 19.4. The number of aliphatic carboxylic acids is 1. The van der Waals surface area contributed by atoms with Crippen molar-refractivity contribution in [3.63, 3.8) is 0 Å². The molecule has 4 bridgehead atoms. The topological polar surface area (TPSA) is 133 Å². The van der Waals surface area contributed by atoms with Crippen molar-refractivity contribution in [1.82, 2.24) is 19.4 Å². The molecule has 2 atom stereocenters. The maximum atomic E-state index is 15.9. The highest BCUT2D eigenvalue weighted by Crippen LogP contribution is 2.42. The summed E-state index contributed by atoms with van der Waals surface area (Å²) in [6.45, 7) is 1.27. The lowest BCUT2D eigenvalue weighted by Gasteiger charge is -2.27. The molecule has 15 heteroatoms. The first kappa shape index (κ1) is 33.1. The molecule has 10 nitrogen and oxygen atoms in total. The van der Waals surface area contributed by atoms with Crippen LogP contribution in [0.25, 0.3) is 22.0 Å². The van der Waals surface area contributed by atoms with Crippen molar-refractivity contribution in [3.8, 4) is 16.9 Å². The van der Waals surface area contributed by atoms with Crippen molar-refractivity contribution >= 4 is 22.8 Å². The van der Waals surface area contributed by atoms with Crippen LogP contribution in [0.15, 0.2) is 76.6 Å². The van der Waals surface area contributed by atoms with E-state index in [2.05, 4.69) is 10.3 Å². The molecule has 0 spiro atoms. The number of amides is 1. The molecule has 0 fully saturated rings. The zero-order valence-electron chi connectivity index (χ0n) is 25.6. The van der Waals surface area contributed by atoms with Gasteiger partial charge in [-0.3, -0.25) is 23.9 Å². The van der Waals surface area contributed by atoms with Crippen LogP contribution in [-0.4, -0.2) is 31.1 Å². The van der Waals surface area contributed by atoms with Gasteiger partial charge < -0.3 is 15.2 Å². The average molecular weight is 681 g/mol. The highest BCUT2D eigenvalue weighted by Gasteiger charge is 2.39. The summed E-state index contributed by atoms with van der Waals surface area (Å²) in [6, 6.07) is 6.73. The molecule has 0 saturated heterocycles. The summed E-state index contributed by atoms with van der Waals surface area (Å²) in [5.41, 5.74) is -4.58. The smallest absolute Gasteiger partial charge is 0.419 e. The Bertz CT molecular complexity index is 2300. The van der Waals surface area contributed by atoms with Crippen LogP contribution < -0.4 is 21.3 Å². The van der Waals surface area contributed by atoms with Gasteiger partial charge in [0.25, 0.3) is 5.56 Å². The van der Waals surface area contributed by atoms with Crippen molar-refractivity contribution in [1.29, 1.82) is 0 Å². The Morgan fingerprint density at radius 2 is 1.82 bits per heavy atom. The first-order chi connectivity index (χ1) is 23.2. The zero-order chi connectivity index (χ0) is 35.4. The van der Waals surface area contributed by atoms with Crippen LogP contribution in [0.4, 0.5) is 22.0 Å². The number of nitrogens with zero attached hydrogens (tertiary/aromatic N) is 3. The first-order valence-corrected chi connectivity index (χ1v) is 14.7. The summed E-state index contributed by atoms with van der Waals surface area (Å²) in [4.78, 5) is 57.7. The molecule has 0 saturated carbocycles. The number of hydrogen-bond donors (Lipinski definition) is 2. The molecule has 1 amide bonds. The number of alkyl halides is 3. The summed E-state index contributed by atoms with van der Waals surface area (Å²) in [7, 11) is 1.27. The van der Waals surface area contributed by atoms with Crippen molar-refractivity contribution in [2.24, 2.45) is 7.05 Å². The van der Waals surface area contributed by atoms with E-state index in [-0.39, 0.29) is 39.9 Å². The maximum absolute atomic E-state index is 15.9. The highest BCUT2D eigenvalue weighted by molar-refractivity contribution is 5.86. The number of fused-ring (bicyclic) bond motifs is 7. The van der Waals surface area contributed by atoms with E-state index in [4.69, 9.17) is 4.74 Å². The van der Waals surface area contributed by atoms with Crippen LogP contribution in [0.1, 0.15) is 46.3 Å². The fourth-order valence-corrected chi connectivity index (χ4v) is 6.04. The van der Waals surface area contributed by atoms with Crippen LogP contribution in [0.2, 0.25) is 0 Å². The molecule has 49 heavy (non-hydrogen) atoms. The molecule has 3 aromatic carbocycles. The number of benzene rings is 3. The molecule has 252 valence electrons. The van der Waals surface area contributed by atoms with Crippen LogP contribution in [0.5, 0.6) is 5.75 Å². The Labute approximate surface area is 273 Å². The van der Waals surface area contributed by atoms with Crippen LogP contribution in [0.3, 0.4) is 0 Å². The van der Waals surface area contributed by atoms with E-state index in [9.17, 15) is 37.5 Å². The Morgan fingerprint density at radius 3 is 2.53 bits per heavy atom. The third-order valence-corrected chi connectivity index (χ3v) is 8.36. The minimum atomic E-state index is -5.26. The third kappa shape index (κ3) is 5.91. The second-order valence-electron chi connectivity index (χ2n) is 11.5. The lowest BCUT2D eigenvalue weighted by molar-refractivity contribution is -0.140. The Kier molecular flexibility index (Phi) is 8.30. The molecule has 2 N–H and O–H groups in total. The summed E-state index contributed by atoms with van der Waals surface area (Å²) in [5.74, 6) is -5.86. The average Bonchev–Trinajstić information content (AvgIpc) is 3.04. The number of carboxylic acids is 1. The minimum absolute atomic E-state index is 0.0669. The second-order valence-corrected chi connectivity index (χ2v) is 11.5. The van der Waals surface area contributed by atoms with Crippen molar-refractivity contribution in [3.05, 3.63) is 127 Å². The number of hydrogen-bond acceptors (Lipinski definition) is 6. The predicted molar refractivity (Wildman–Crippen MR) is 165 cm³/mol. The van der Waals surface area contributed by atoms with Crippen molar-refractivity contribution in [2.75, 3.05) is 0 Å². The molecule has 6 rings (SSSR count). The summed E-state index contributed by atoms with van der Waals surface area (Å²) in [6.07, 6.45) is -3.91. The number of aromatic nitrogens is 3. The van der Waals surface area contributed by atoms with Gasteiger partial charge in [0.1, 0.15) is 30.0 Å². The molecular formula is C34H25F5N4O6. The standard InChI is InChI=1S/C34H25F5N4O6/c1-16-4-3-5-26-28(16)18-11-21(29(36)22(12-18)34(37,38)39)24(13-27(44)45)41-31(46)30(20-10-17(15-49-26)6-7-23(20)35)43-32(47)19-8-9-40-14-25(19)42(2)33(43)48/h3-12,14,24,30H,13,15H2,1-2H3,(H,41,46)(H,44,45)/t24-,30+/m0/s1. The van der Waals surface area contributed by atoms with E-state index in [1.807, 2.05) is 0 Å². The number of carbonyl (C=O) groups excluding carboxylic acids is 1. The monoisotopic (exact) mass is 680 g/mol. The number of aryl methyl sites for hydroxylation is 2. The molecule has 0 unspecified atom stereocenters. The van der Waals surface area contributed by atoms with Gasteiger partial charge in [0.15, 0.2) is 0 Å². The van der Waals surface area contributed by atoms with Gasteiger partial charge >= 0.3 is 17.8 Å². The van der Waals surface area contributed by atoms with E-state index in [1.54, 1.807) is 19.1 Å². The fourth-order valence-electron chi connectivity index (χ4n) is 6.04. The Morgan fingerprint density at radius 1 is 1.06 bits per heavy atom. The summed E-state index contributed by atoms with van der Waals surface area (Å²) < 4.78 is 82.0. The SMILES string of the molecule is Cc1cccc2c1-c1cc(c(F)c(C(F)(F)F)c1)[C@H](CC(=O)O)NC(=O)[C@H](n1c(=O)c3ccncc3n(C)c1=O)c1cc(ccc1F)CO2. The van der Waals surface area contributed by atoms with Crippen molar-refractivity contribution in [2.45, 2.75) is 38.2 Å². The molecule has 1 aliphatic rings. The lowest BCUT2D eigenvalue weighted by atomic mass is 9.91. The number of carbonyl (C=O) groups is 2. The van der Waals surface area contributed by atoms with E-state index in [1.165, 1.54) is 43.7 Å². The molecule has 1 aliphatic heterocycles. The molecule has 0 aliphatic carbocycles. The summed E-state index contributed by atoms with van der Waals surface area (Å²) >= 11 is 0. The zero-order valence-corrected chi connectivity index (χ0v) is 25.6. The maximum Gasteiger partial charge on any atom is 0.419 e. The van der Waals surface area contributed by atoms with Gasteiger partial charge in [0, 0.05) is 29.9 Å². The van der Waals surface area contributed by atoms with Gasteiger partial charge in [-0.25, -0.2) is 18.1 Å². The van der Waals surface area contributed by atoms with E-state index >= 15 is 8.78 Å². The molecule has 0 radical (unpaired) electrons. The summed E-state index contributed by atoms with van der Waals surface area (Å²) in [5, 5.41) is 11.9. The van der Waals surface area contributed by atoms with E-state index in [0.29, 0.717) is 16.2 Å². The van der Waals surface area contributed by atoms with Crippen LogP contribution >= 0.6 is 0 Å². The number of halogens is 5. The predicted octanol–water partition coefficient (Wildman–Crippen LogP) is 5.18. The van der Waals surface area contributed by atoms with Gasteiger partial charge in [0.05, 0.1) is 35.1 Å². The van der Waals surface area contributed by atoms with Gasteiger partial charge in [-0.05, 0) is 60.0 Å². The number of pyridine rings is 1. The second kappa shape index (κ2) is 12.3. The van der Waals surface area contributed by atoms with Crippen molar-refractivity contribution < 1.29 is 41.4 Å². The van der Waals surface area contributed by atoms with Crippen LogP contribution in [-0.2, 0) is 29.4 Å². The van der Waals surface area contributed by atoms with E-state index < -0.39 is 76.1 Å². The first-order valence-electron chi connectivity index (χ1n) is 14.7. The molecule has 5 aromatic rings. The quantitative estimate of drug-likeness (QED) is 0.251. The lowest BCUT2D eigenvalue weighted by Crippen LogP contribution is -2.48. The molecular weight excluding hydrogens is 655 g/mol.